The molecule has 1 saturated heterocycles. The summed E-state index contributed by atoms with van der Waals surface area (Å²) in [5.74, 6) is 0.282. The van der Waals surface area contributed by atoms with Crippen LogP contribution < -0.4 is 0 Å². The number of hydrogen-bond donors (Lipinski definition) is 0. The highest BCUT2D eigenvalue weighted by atomic mass is 127. The zero-order valence-corrected chi connectivity index (χ0v) is 13.0. The van der Waals surface area contributed by atoms with Crippen molar-refractivity contribution in [2.45, 2.75) is 16.3 Å². The monoisotopic (exact) mass is 365 g/mol. The number of thiophene rings is 1. The molecular formula is C12H16INO2S. The number of ether oxygens (including phenoxy) is 1. The zero-order chi connectivity index (χ0) is 12.4. The number of rotatable bonds is 2. The van der Waals surface area contributed by atoms with Crippen molar-refractivity contribution in [2.75, 3.05) is 27.2 Å². The first-order valence-electron chi connectivity index (χ1n) is 5.61. The van der Waals surface area contributed by atoms with Gasteiger partial charge in [0.05, 0.1) is 7.11 Å². The number of hydrogen-bond acceptors (Lipinski definition) is 4. The maximum absolute atomic E-state index is 11.7. The highest BCUT2D eigenvalue weighted by Crippen LogP contribution is 2.36. The van der Waals surface area contributed by atoms with Crippen molar-refractivity contribution in [2.24, 2.45) is 0 Å². The van der Waals surface area contributed by atoms with Crippen molar-refractivity contribution in [3.63, 3.8) is 0 Å². The van der Waals surface area contributed by atoms with Crippen LogP contribution in [0.15, 0.2) is 11.4 Å². The maximum atomic E-state index is 11.7. The molecule has 0 aliphatic carbocycles. The molecule has 1 aliphatic rings. The molecule has 2 rings (SSSR count). The van der Waals surface area contributed by atoms with Crippen LogP contribution in [0.25, 0.3) is 0 Å². The Bertz CT molecular complexity index is 407. The molecule has 0 amide bonds. The van der Waals surface area contributed by atoms with E-state index in [0.717, 1.165) is 24.4 Å². The molecule has 0 aromatic carbocycles. The van der Waals surface area contributed by atoms with E-state index in [4.69, 9.17) is 4.74 Å². The van der Waals surface area contributed by atoms with Crippen LogP contribution >= 0.6 is 33.9 Å². The predicted octanol–water partition coefficient (Wildman–Crippen LogP) is 2.76. The van der Waals surface area contributed by atoms with E-state index < -0.39 is 0 Å². The van der Waals surface area contributed by atoms with Gasteiger partial charge in [0.1, 0.15) is 4.88 Å². The molecule has 2 heterocycles. The molecule has 94 valence electrons. The van der Waals surface area contributed by atoms with Crippen molar-refractivity contribution < 1.29 is 9.53 Å². The second-order valence-corrected chi connectivity index (χ2v) is 6.89. The van der Waals surface area contributed by atoms with Crippen LogP contribution in [0.4, 0.5) is 0 Å². The molecule has 0 bridgehead atoms. The molecule has 3 nitrogen and oxygen atoms in total. The summed E-state index contributed by atoms with van der Waals surface area (Å²) in [5.41, 5.74) is 1.18. The van der Waals surface area contributed by atoms with Gasteiger partial charge in [-0.2, -0.15) is 0 Å². The largest absolute Gasteiger partial charge is 0.465 e. The van der Waals surface area contributed by atoms with Gasteiger partial charge in [0.2, 0.25) is 0 Å². The molecule has 17 heavy (non-hydrogen) atoms. The summed E-state index contributed by atoms with van der Waals surface area (Å²) >= 11 is 3.99. The van der Waals surface area contributed by atoms with Gasteiger partial charge in [-0.25, -0.2) is 4.79 Å². The van der Waals surface area contributed by atoms with Crippen LogP contribution in [0.5, 0.6) is 0 Å². The molecule has 2 unspecified atom stereocenters. The highest BCUT2D eigenvalue weighted by molar-refractivity contribution is 14.1. The molecule has 5 heteroatoms. The van der Waals surface area contributed by atoms with Gasteiger partial charge in [-0.15, -0.1) is 11.3 Å². The number of alkyl halides is 1. The van der Waals surface area contributed by atoms with Crippen LogP contribution in [0.2, 0.25) is 0 Å². The summed E-state index contributed by atoms with van der Waals surface area (Å²) in [6.07, 6.45) is 1.12. The standard InChI is InChI=1S/C12H16INO2S/c1-14-5-3-8(10(13)7-14)9-4-6-17-11(9)12(15)16-2/h4,6,8,10H,3,5,7H2,1-2H3. The Morgan fingerprint density at radius 3 is 3.06 bits per heavy atom. The smallest absolute Gasteiger partial charge is 0.348 e. The molecular weight excluding hydrogens is 349 g/mol. The number of nitrogens with zero attached hydrogens (tertiary/aromatic N) is 1. The SMILES string of the molecule is COC(=O)c1sccc1C1CCN(C)CC1I. The fraction of sp³-hybridized carbons (Fsp3) is 0.583. The minimum absolute atomic E-state index is 0.197. The lowest BCUT2D eigenvalue weighted by atomic mass is 9.90. The third-order valence-corrected chi connectivity index (χ3v) is 5.38. The zero-order valence-electron chi connectivity index (χ0n) is 9.98. The van der Waals surface area contributed by atoms with Crippen LogP contribution in [0.1, 0.15) is 27.6 Å². The van der Waals surface area contributed by atoms with Crippen molar-refractivity contribution >= 4 is 39.9 Å². The first-order valence-corrected chi connectivity index (χ1v) is 7.74. The Balaban J connectivity index is 2.22. The molecule has 0 N–H and O–H groups in total. The number of halogens is 1. The van der Waals surface area contributed by atoms with E-state index >= 15 is 0 Å². The third-order valence-electron chi connectivity index (χ3n) is 3.21. The number of likely N-dealkylation sites (tertiary alicyclic amines) is 1. The normalized spacial score (nSPS) is 25.8. The van der Waals surface area contributed by atoms with Crippen molar-refractivity contribution in [3.05, 3.63) is 21.9 Å². The lowest BCUT2D eigenvalue weighted by Crippen LogP contribution is -2.37. The van der Waals surface area contributed by atoms with E-state index in [2.05, 4.69) is 40.6 Å². The lowest BCUT2D eigenvalue weighted by molar-refractivity contribution is 0.0604. The topological polar surface area (TPSA) is 29.5 Å². The van der Waals surface area contributed by atoms with E-state index in [-0.39, 0.29) is 5.97 Å². The molecule has 2 atom stereocenters. The summed E-state index contributed by atoms with van der Waals surface area (Å²) in [6.45, 7) is 2.18. The highest BCUT2D eigenvalue weighted by Gasteiger charge is 2.30. The fourth-order valence-corrected chi connectivity index (χ4v) is 4.58. The second kappa shape index (κ2) is 5.67. The number of carbonyl (C=O) groups excluding carboxylic acids is 1. The second-order valence-electron chi connectivity index (χ2n) is 4.37. The maximum Gasteiger partial charge on any atom is 0.348 e. The average molecular weight is 365 g/mol. The van der Waals surface area contributed by atoms with Crippen LogP contribution in [-0.4, -0.2) is 42.0 Å². The number of piperidine rings is 1. The van der Waals surface area contributed by atoms with Gasteiger partial charge in [-0.05, 0) is 42.9 Å². The Labute approximate surface area is 119 Å². The van der Waals surface area contributed by atoms with Crippen molar-refractivity contribution in [1.29, 1.82) is 0 Å². The van der Waals surface area contributed by atoms with Crippen LogP contribution in [-0.2, 0) is 4.74 Å². The summed E-state index contributed by atoms with van der Waals surface area (Å²) < 4.78 is 5.40. The third kappa shape index (κ3) is 2.82. The molecule has 1 aromatic heterocycles. The molecule has 1 fully saturated rings. The molecule has 0 radical (unpaired) electrons. The first kappa shape index (κ1) is 13.3. The minimum atomic E-state index is -0.197. The van der Waals surface area contributed by atoms with Gasteiger partial charge in [0.15, 0.2) is 0 Å². The van der Waals surface area contributed by atoms with Gasteiger partial charge in [-0.1, -0.05) is 22.6 Å². The van der Waals surface area contributed by atoms with E-state index in [1.807, 2.05) is 5.38 Å². The Hall–Kier alpha value is -0.140. The van der Waals surface area contributed by atoms with E-state index in [1.54, 1.807) is 0 Å². The quantitative estimate of drug-likeness (QED) is 0.459. The summed E-state index contributed by atoms with van der Waals surface area (Å²) in [6, 6.07) is 2.08. The molecule has 0 spiro atoms. The van der Waals surface area contributed by atoms with Gasteiger partial charge in [0.25, 0.3) is 0 Å². The fourth-order valence-electron chi connectivity index (χ4n) is 2.28. The van der Waals surface area contributed by atoms with E-state index in [9.17, 15) is 4.79 Å². The van der Waals surface area contributed by atoms with Crippen LogP contribution in [0.3, 0.4) is 0 Å². The van der Waals surface area contributed by atoms with Crippen molar-refractivity contribution in [3.8, 4) is 0 Å². The van der Waals surface area contributed by atoms with Gasteiger partial charge in [0, 0.05) is 10.5 Å². The Morgan fingerprint density at radius 2 is 2.41 bits per heavy atom. The van der Waals surface area contributed by atoms with E-state index in [1.165, 1.54) is 24.0 Å². The molecule has 0 saturated carbocycles. The predicted molar refractivity (Wildman–Crippen MR) is 78.3 cm³/mol. The summed E-state index contributed by atoms with van der Waals surface area (Å²) in [5, 5.41) is 1.99. The molecule has 1 aromatic rings. The Kier molecular flexibility index (Phi) is 4.43. The molecule has 1 aliphatic heterocycles. The summed E-state index contributed by atoms with van der Waals surface area (Å²) in [4.78, 5) is 14.8. The van der Waals surface area contributed by atoms with Crippen LogP contribution in [0, 0.1) is 0 Å². The first-order chi connectivity index (χ1) is 8.13. The lowest BCUT2D eigenvalue weighted by Gasteiger charge is -2.33. The summed E-state index contributed by atoms with van der Waals surface area (Å²) in [7, 11) is 3.60. The Morgan fingerprint density at radius 1 is 1.65 bits per heavy atom. The van der Waals surface area contributed by atoms with Crippen molar-refractivity contribution in [1.82, 2.24) is 4.90 Å². The number of esters is 1. The average Bonchev–Trinajstić information content (AvgIpc) is 2.77. The number of methoxy groups -OCH3 is 1. The van der Waals surface area contributed by atoms with E-state index in [0.29, 0.717) is 9.84 Å². The van der Waals surface area contributed by atoms with Gasteiger partial charge >= 0.3 is 5.97 Å². The number of carbonyl (C=O) groups is 1. The van der Waals surface area contributed by atoms with Gasteiger partial charge in [-0.3, -0.25) is 0 Å². The van der Waals surface area contributed by atoms with Gasteiger partial charge < -0.3 is 9.64 Å². The minimum Gasteiger partial charge on any atom is -0.465 e.